The van der Waals surface area contributed by atoms with Crippen LogP contribution in [0.2, 0.25) is 0 Å². The highest BCUT2D eigenvalue weighted by molar-refractivity contribution is 7.89. The van der Waals surface area contributed by atoms with E-state index < -0.39 is 10.0 Å². The van der Waals surface area contributed by atoms with Crippen molar-refractivity contribution in [3.05, 3.63) is 47.9 Å². The predicted octanol–water partition coefficient (Wildman–Crippen LogP) is 1.46. The topological polar surface area (TPSA) is 96.0 Å². The molecule has 2 rings (SSSR count). The fourth-order valence-electron chi connectivity index (χ4n) is 1.64. The largest absolute Gasteiger partial charge is 0.364 e. The molecule has 20 heavy (non-hydrogen) atoms. The summed E-state index contributed by atoms with van der Waals surface area (Å²) in [5, 5.41) is 12.2. The van der Waals surface area contributed by atoms with Gasteiger partial charge in [0.2, 0.25) is 10.0 Å². The van der Waals surface area contributed by atoms with Crippen LogP contribution in [0, 0.1) is 11.3 Å². The van der Waals surface area contributed by atoms with Crippen LogP contribution < -0.4 is 4.72 Å². The molecule has 6 nitrogen and oxygen atoms in total. The summed E-state index contributed by atoms with van der Waals surface area (Å²) in [5.41, 5.74) is 1.36. The Hall–Kier alpha value is -2.17. The van der Waals surface area contributed by atoms with E-state index in [1.165, 1.54) is 30.5 Å². The Morgan fingerprint density at radius 1 is 1.30 bits per heavy atom. The van der Waals surface area contributed by atoms with Gasteiger partial charge in [-0.15, -0.1) is 0 Å². The molecule has 0 bridgehead atoms. The van der Waals surface area contributed by atoms with E-state index >= 15 is 0 Å². The standard InChI is InChI=1S/C13H13N3O3S/c14-8-11-3-5-13(6-4-11)20(17,18)16-7-1-2-12-9-15-19-10-12/h3-6,9-10,16H,1-2,7H2. The van der Waals surface area contributed by atoms with Gasteiger partial charge >= 0.3 is 0 Å². The van der Waals surface area contributed by atoms with Crippen molar-refractivity contribution < 1.29 is 12.9 Å². The minimum atomic E-state index is -3.52. The van der Waals surface area contributed by atoms with Crippen LogP contribution in [0.3, 0.4) is 0 Å². The molecular formula is C13H13N3O3S. The lowest BCUT2D eigenvalue weighted by molar-refractivity contribution is 0.418. The summed E-state index contributed by atoms with van der Waals surface area (Å²) in [6.45, 7) is 0.327. The Morgan fingerprint density at radius 3 is 2.65 bits per heavy atom. The molecule has 0 spiro atoms. The van der Waals surface area contributed by atoms with Crippen LogP contribution >= 0.6 is 0 Å². The molecule has 0 aliphatic rings. The molecule has 1 aromatic heterocycles. The van der Waals surface area contributed by atoms with Gasteiger partial charge in [0.05, 0.1) is 22.7 Å². The molecule has 0 atom stereocenters. The zero-order chi connectivity index (χ0) is 14.4. The highest BCUT2D eigenvalue weighted by Crippen LogP contribution is 2.10. The summed E-state index contributed by atoms with van der Waals surface area (Å²) in [4.78, 5) is 0.154. The third kappa shape index (κ3) is 3.66. The number of rotatable bonds is 6. The summed E-state index contributed by atoms with van der Waals surface area (Å²) < 4.78 is 31.1. The van der Waals surface area contributed by atoms with Gasteiger partial charge in [-0.05, 0) is 37.1 Å². The maximum absolute atomic E-state index is 12.0. The minimum Gasteiger partial charge on any atom is -0.364 e. The van der Waals surface area contributed by atoms with Gasteiger partial charge in [-0.25, -0.2) is 13.1 Å². The Kier molecular flexibility index (Phi) is 4.50. The first-order chi connectivity index (χ1) is 9.62. The smallest absolute Gasteiger partial charge is 0.240 e. The molecule has 0 aliphatic heterocycles. The maximum atomic E-state index is 12.0. The van der Waals surface area contributed by atoms with E-state index in [2.05, 4.69) is 14.4 Å². The van der Waals surface area contributed by atoms with Gasteiger partial charge in [0.25, 0.3) is 0 Å². The Labute approximate surface area is 117 Å². The second kappa shape index (κ2) is 6.32. The van der Waals surface area contributed by atoms with Crippen molar-refractivity contribution in [3.8, 4) is 6.07 Å². The number of benzene rings is 1. The summed E-state index contributed by atoms with van der Waals surface area (Å²) in [6, 6.07) is 7.73. The quantitative estimate of drug-likeness (QED) is 0.813. The molecule has 0 saturated heterocycles. The lowest BCUT2D eigenvalue weighted by Gasteiger charge is -2.06. The van der Waals surface area contributed by atoms with E-state index in [1.54, 1.807) is 6.20 Å². The predicted molar refractivity (Wildman–Crippen MR) is 71.2 cm³/mol. The van der Waals surface area contributed by atoms with Gasteiger partial charge < -0.3 is 4.52 Å². The molecule has 0 aliphatic carbocycles. The van der Waals surface area contributed by atoms with Crippen molar-refractivity contribution in [2.45, 2.75) is 17.7 Å². The van der Waals surface area contributed by atoms with E-state index in [9.17, 15) is 8.42 Å². The third-order valence-electron chi connectivity index (χ3n) is 2.71. The van der Waals surface area contributed by atoms with Gasteiger partial charge in [-0.3, -0.25) is 0 Å². The van der Waals surface area contributed by atoms with Crippen molar-refractivity contribution in [2.75, 3.05) is 6.54 Å². The van der Waals surface area contributed by atoms with Crippen LogP contribution in [0.4, 0.5) is 0 Å². The number of aryl methyl sites for hydroxylation is 1. The van der Waals surface area contributed by atoms with E-state index in [-0.39, 0.29) is 4.90 Å². The number of nitriles is 1. The van der Waals surface area contributed by atoms with Crippen molar-refractivity contribution in [1.29, 1.82) is 5.26 Å². The summed E-state index contributed by atoms with van der Waals surface area (Å²) in [6.07, 6.45) is 4.49. The van der Waals surface area contributed by atoms with Crippen molar-refractivity contribution in [3.63, 3.8) is 0 Å². The molecule has 7 heteroatoms. The average Bonchev–Trinajstić information content (AvgIpc) is 2.97. The number of nitrogens with one attached hydrogen (secondary N) is 1. The molecule has 2 aromatic rings. The van der Waals surface area contributed by atoms with E-state index in [4.69, 9.17) is 5.26 Å². The van der Waals surface area contributed by atoms with Gasteiger partial charge in [0, 0.05) is 12.1 Å². The van der Waals surface area contributed by atoms with Crippen LogP contribution in [-0.2, 0) is 16.4 Å². The summed E-state index contributed by atoms with van der Waals surface area (Å²) >= 11 is 0. The Balaban J connectivity index is 1.88. The number of nitrogens with zero attached hydrogens (tertiary/aromatic N) is 2. The number of sulfonamides is 1. The lowest BCUT2D eigenvalue weighted by atomic mass is 10.2. The van der Waals surface area contributed by atoms with Crippen LogP contribution in [0.25, 0.3) is 0 Å². The third-order valence-corrected chi connectivity index (χ3v) is 4.19. The molecule has 0 unspecified atom stereocenters. The van der Waals surface area contributed by atoms with Gasteiger partial charge in [-0.2, -0.15) is 5.26 Å². The number of aromatic nitrogens is 1. The first kappa shape index (κ1) is 14.2. The fraction of sp³-hybridized carbons (Fsp3) is 0.231. The molecule has 0 radical (unpaired) electrons. The molecule has 0 fully saturated rings. The highest BCUT2D eigenvalue weighted by atomic mass is 32.2. The first-order valence-corrected chi connectivity index (χ1v) is 7.48. The Morgan fingerprint density at radius 2 is 2.05 bits per heavy atom. The van der Waals surface area contributed by atoms with Gasteiger partial charge in [0.15, 0.2) is 0 Å². The average molecular weight is 291 g/mol. The van der Waals surface area contributed by atoms with Gasteiger partial charge in [-0.1, -0.05) is 5.16 Å². The van der Waals surface area contributed by atoms with Crippen LogP contribution in [0.5, 0.6) is 0 Å². The summed E-state index contributed by atoms with van der Waals surface area (Å²) in [5.74, 6) is 0. The normalized spacial score (nSPS) is 11.2. The molecule has 0 saturated carbocycles. The van der Waals surface area contributed by atoms with Gasteiger partial charge in [0.1, 0.15) is 6.26 Å². The Bertz CT molecular complexity index is 685. The van der Waals surface area contributed by atoms with Crippen LogP contribution in [0.1, 0.15) is 17.5 Å². The monoisotopic (exact) mass is 291 g/mol. The van der Waals surface area contributed by atoms with Crippen LogP contribution in [-0.4, -0.2) is 20.1 Å². The first-order valence-electron chi connectivity index (χ1n) is 6.00. The molecule has 1 aromatic carbocycles. The minimum absolute atomic E-state index is 0.154. The number of hydrogen-bond donors (Lipinski definition) is 1. The zero-order valence-electron chi connectivity index (χ0n) is 10.6. The molecular weight excluding hydrogens is 278 g/mol. The van der Waals surface area contributed by atoms with E-state index in [1.807, 2.05) is 6.07 Å². The van der Waals surface area contributed by atoms with Crippen LogP contribution in [0.15, 0.2) is 46.1 Å². The fourth-order valence-corrected chi connectivity index (χ4v) is 2.72. The van der Waals surface area contributed by atoms with Crippen molar-refractivity contribution in [1.82, 2.24) is 9.88 Å². The second-order valence-corrected chi connectivity index (χ2v) is 5.94. The van der Waals surface area contributed by atoms with E-state index in [0.717, 1.165) is 5.56 Å². The van der Waals surface area contributed by atoms with Crippen molar-refractivity contribution in [2.24, 2.45) is 0 Å². The zero-order valence-corrected chi connectivity index (χ0v) is 11.4. The van der Waals surface area contributed by atoms with E-state index in [0.29, 0.717) is 24.9 Å². The molecule has 104 valence electrons. The second-order valence-electron chi connectivity index (χ2n) is 4.17. The number of hydrogen-bond acceptors (Lipinski definition) is 5. The molecule has 1 N–H and O–H groups in total. The molecule has 1 heterocycles. The lowest BCUT2D eigenvalue weighted by Crippen LogP contribution is -2.25. The highest BCUT2D eigenvalue weighted by Gasteiger charge is 2.12. The maximum Gasteiger partial charge on any atom is 0.240 e. The molecule has 0 amide bonds. The van der Waals surface area contributed by atoms with Crippen molar-refractivity contribution >= 4 is 10.0 Å². The SMILES string of the molecule is N#Cc1ccc(S(=O)(=O)NCCCc2cnoc2)cc1. The summed E-state index contributed by atoms with van der Waals surface area (Å²) in [7, 11) is -3.52.